The number of nitrogens with one attached hydrogen (secondary N) is 1. The van der Waals surface area contributed by atoms with E-state index in [0.29, 0.717) is 12.8 Å². The molecule has 20 heavy (non-hydrogen) atoms. The molecule has 0 aliphatic carbocycles. The van der Waals surface area contributed by atoms with Crippen LogP contribution in [0.15, 0.2) is 18.2 Å². The monoisotopic (exact) mass is 295 g/mol. The van der Waals surface area contributed by atoms with Crippen LogP contribution in [0.2, 0.25) is 0 Å². The molecule has 0 saturated carbocycles. The van der Waals surface area contributed by atoms with Gasteiger partial charge in [-0.3, -0.25) is 9.59 Å². The maximum Gasteiger partial charge on any atom is 0.311 e. The Morgan fingerprint density at radius 2 is 2.00 bits per heavy atom. The molecule has 0 saturated heterocycles. The molecule has 0 aromatic carbocycles. The molecule has 0 radical (unpaired) electrons. The van der Waals surface area contributed by atoms with Crippen LogP contribution >= 0.6 is 11.3 Å². The summed E-state index contributed by atoms with van der Waals surface area (Å²) in [5.41, 5.74) is -0.872. The normalized spacial score (nSPS) is 11.8. The number of carboxylic acid groups (broad SMARTS) is 1. The van der Waals surface area contributed by atoms with Gasteiger partial charge in [-0.05, 0) is 38.0 Å². The van der Waals surface area contributed by atoms with Crippen LogP contribution in [0.5, 0.6) is 0 Å². The molecule has 0 spiro atoms. The van der Waals surface area contributed by atoms with Gasteiger partial charge in [-0.25, -0.2) is 0 Å². The molecule has 0 atom stereocenters. The van der Waals surface area contributed by atoms with Gasteiger partial charge < -0.3 is 10.4 Å². The number of hydrogen-bond acceptors (Lipinski definition) is 3. The maximum absolute atomic E-state index is 11.7. The summed E-state index contributed by atoms with van der Waals surface area (Å²) in [6.45, 7) is 5.82. The van der Waals surface area contributed by atoms with Gasteiger partial charge in [0.1, 0.15) is 0 Å². The molecule has 1 rings (SSSR count). The van der Waals surface area contributed by atoms with Crippen molar-refractivity contribution in [2.24, 2.45) is 5.41 Å². The molecular weight excluding hydrogens is 274 g/mol. The van der Waals surface area contributed by atoms with Crippen LogP contribution in [-0.4, -0.2) is 23.5 Å². The van der Waals surface area contributed by atoms with Crippen molar-refractivity contribution in [1.29, 1.82) is 0 Å². The number of thiophene rings is 1. The van der Waals surface area contributed by atoms with Gasteiger partial charge in [0, 0.05) is 22.4 Å². The lowest BCUT2D eigenvalue weighted by molar-refractivity contribution is -0.149. The minimum absolute atomic E-state index is 0.155. The minimum Gasteiger partial charge on any atom is -0.481 e. The zero-order chi connectivity index (χ0) is 15.2. The SMILES string of the molecule is CCC(CC)(CNC(=O)/C=C/c1ccc(C)s1)C(=O)O. The van der Waals surface area contributed by atoms with Crippen molar-refractivity contribution in [2.75, 3.05) is 6.54 Å². The van der Waals surface area contributed by atoms with Crippen molar-refractivity contribution < 1.29 is 14.7 Å². The lowest BCUT2D eigenvalue weighted by Gasteiger charge is -2.26. The average molecular weight is 295 g/mol. The molecule has 1 aromatic heterocycles. The number of aryl methyl sites for hydroxylation is 1. The van der Waals surface area contributed by atoms with E-state index in [2.05, 4.69) is 5.32 Å². The molecule has 0 unspecified atom stereocenters. The lowest BCUT2D eigenvalue weighted by Crippen LogP contribution is -2.41. The van der Waals surface area contributed by atoms with E-state index in [1.54, 1.807) is 17.4 Å². The van der Waals surface area contributed by atoms with E-state index in [9.17, 15) is 14.7 Å². The van der Waals surface area contributed by atoms with Gasteiger partial charge in [0.25, 0.3) is 0 Å². The van der Waals surface area contributed by atoms with Crippen molar-refractivity contribution >= 4 is 29.3 Å². The van der Waals surface area contributed by atoms with Crippen molar-refractivity contribution in [2.45, 2.75) is 33.6 Å². The third-order valence-corrected chi connectivity index (χ3v) is 4.53. The van der Waals surface area contributed by atoms with Crippen molar-refractivity contribution in [3.8, 4) is 0 Å². The summed E-state index contributed by atoms with van der Waals surface area (Å²) < 4.78 is 0. The fourth-order valence-corrected chi connectivity index (χ4v) is 2.67. The van der Waals surface area contributed by atoms with Crippen LogP contribution in [0.4, 0.5) is 0 Å². The van der Waals surface area contributed by atoms with E-state index in [4.69, 9.17) is 0 Å². The van der Waals surface area contributed by atoms with Crippen LogP contribution in [0.25, 0.3) is 6.08 Å². The summed E-state index contributed by atoms with van der Waals surface area (Å²) >= 11 is 1.61. The molecule has 5 heteroatoms. The maximum atomic E-state index is 11.7. The van der Waals surface area contributed by atoms with E-state index in [1.165, 1.54) is 11.0 Å². The number of hydrogen-bond donors (Lipinski definition) is 2. The van der Waals surface area contributed by atoms with Gasteiger partial charge in [0.05, 0.1) is 5.41 Å². The Morgan fingerprint density at radius 3 is 2.45 bits per heavy atom. The van der Waals surface area contributed by atoms with Crippen LogP contribution in [-0.2, 0) is 9.59 Å². The number of amides is 1. The van der Waals surface area contributed by atoms with Gasteiger partial charge in [-0.15, -0.1) is 11.3 Å². The molecule has 0 bridgehead atoms. The Hall–Kier alpha value is -1.62. The fraction of sp³-hybridized carbons (Fsp3) is 0.467. The van der Waals surface area contributed by atoms with E-state index in [-0.39, 0.29) is 12.5 Å². The second kappa shape index (κ2) is 7.24. The third-order valence-electron chi connectivity index (χ3n) is 3.57. The summed E-state index contributed by atoms with van der Waals surface area (Å²) in [4.78, 5) is 25.2. The number of carbonyl (C=O) groups excluding carboxylic acids is 1. The predicted molar refractivity (Wildman–Crippen MR) is 81.8 cm³/mol. The largest absolute Gasteiger partial charge is 0.481 e. The first-order valence-electron chi connectivity index (χ1n) is 6.69. The van der Waals surface area contributed by atoms with Gasteiger partial charge in [-0.2, -0.15) is 0 Å². The Balaban J connectivity index is 2.58. The number of carboxylic acids is 1. The number of carbonyl (C=O) groups is 2. The topological polar surface area (TPSA) is 66.4 Å². The zero-order valence-corrected chi connectivity index (χ0v) is 12.9. The van der Waals surface area contributed by atoms with Crippen molar-refractivity contribution in [1.82, 2.24) is 5.32 Å². The first-order chi connectivity index (χ1) is 9.43. The molecule has 1 amide bonds. The van der Waals surface area contributed by atoms with Crippen LogP contribution in [0.1, 0.15) is 36.4 Å². The fourth-order valence-electron chi connectivity index (χ4n) is 1.89. The van der Waals surface area contributed by atoms with Crippen LogP contribution in [0, 0.1) is 12.3 Å². The van der Waals surface area contributed by atoms with E-state index >= 15 is 0 Å². The lowest BCUT2D eigenvalue weighted by atomic mass is 9.82. The molecule has 1 aromatic rings. The summed E-state index contributed by atoms with van der Waals surface area (Å²) in [6, 6.07) is 3.94. The smallest absolute Gasteiger partial charge is 0.311 e. The summed E-state index contributed by atoms with van der Waals surface area (Å²) in [5, 5.41) is 12.0. The molecule has 2 N–H and O–H groups in total. The highest BCUT2D eigenvalue weighted by atomic mass is 32.1. The van der Waals surface area contributed by atoms with E-state index in [0.717, 1.165) is 4.88 Å². The summed E-state index contributed by atoms with van der Waals surface area (Å²) in [6.07, 6.45) is 4.18. The van der Waals surface area contributed by atoms with Gasteiger partial charge in [-0.1, -0.05) is 13.8 Å². The van der Waals surface area contributed by atoms with E-state index in [1.807, 2.05) is 32.9 Å². The first kappa shape index (κ1) is 16.4. The Labute approximate surface area is 123 Å². The first-order valence-corrected chi connectivity index (χ1v) is 7.51. The molecule has 0 fully saturated rings. The highest BCUT2D eigenvalue weighted by molar-refractivity contribution is 7.12. The number of rotatable bonds is 7. The second-order valence-electron chi connectivity index (χ2n) is 4.79. The predicted octanol–water partition coefficient (Wildman–Crippen LogP) is 3.08. The highest BCUT2D eigenvalue weighted by Crippen LogP contribution is 2.25. The standard InChI is InChI=1S/C15H21NO3S/c1-4-15(5-2,14(18)19)10-16-13(17)9-8-12-7-6-11(3)20-12/h6-9H,4-5,10H2,1-3H3,(H,16,17)(H,18,19)/b9-8+. The zero-order valence-electron chi connectivity index (χ0n) is 12.1. The minimum atomic E-state index is -0.872. The highest BCUT2D eigenvalue weighted by Gasteiger charge is 2.34. The Bertz CT molecular complexity index is 501. The second-order valence-corrected chi connectivity index (χ2v) is 6.11. The van der Waals surface area contributed by atoms with Crippen LogP contribution < -0.4 is 5.32 Å². The Kier molecular flexibility index (Phi) is 5.95. The quantitative estimate of drug-likeness (QED) is 0.760. The van der Waals surface area contributed by atoms with Crippen molar-refractivity contribution in [3.05, 3.63) is 28.0 Å². The van der Waals surface area contributed by atoms with Crippen molar-refractivity contribution in [3.63, 3.8) is 0 Å². The molecule has 0 aliphatic rings. The third kappa shape index (κ3) is 4.20. The number of aliphatic carboxylic acids is 1. The summed E-state index contributed by atoms with van der Waals surface area (Å²) in [7, 11) is 0. The van der Waals surface area contributed by atoms with Gasteiger partial charge in [0.15, 0.2) is 0 Å². The van der Waals surface area contributed by atoms with Crippen LogP contribution in [0.3, 0.4) is 0 Å². The molecule has 1 heterocycles. The average Bonchev–Trinajstić information content (AvgIpc) is 2.83. The molecular formula is C15H21NO3S. The van der Waals surface area contributed by atoms with Gasteiger partial charge in [0.2, 0.25) is 5.91 Å². The molecule has 4 nitrogen and oxygen atoms in total. The molecule has 110 valence electrons. The van der Waals surface area contributed by atoms with Gasteiger partial charge >= 0.3 is 5.97 Å². The Morgan fingerprint density at radius 1 is 1.35 bits per heavy atom. The van der Waals surface area contributed by atoms with E-state index < -0.39 is 11.4 Å². The summed E-state index contributed by atoms with van der Waals surface area (Å²) in [5.74, 6) is -1.12. The molecule has 0 aliphatic heterocycles.